The Kier molecular flexibility index (Phi) is 5.59. The van der Waals surface area contributed by atoms with Gasteiger partial charge in [-0.3, -0.25) is 4.79 Å². The van der Waals surface area contributed by atoms with Crippen molar-refractivity contribution < 1.29 is 4.79 Å². The molecular weight excluding hydrogens is 250 g/mol. The SMILES string of the molecule is CCCCCC(=O)NCCCc1nc2ccccc2[nH]1. The lowest BCUT2D eigenvalue weighted by Gasteiger charge is -2.03. The summed E-state index contributed by atoms with van der Waals surface area (Å²) < 4.78 is 0. The van der Waals surface area contributed by atoms with E-state index in [0.717, 1.165) is 55.5 Å². The maximum atomic E-state index is 11.5. The maximum absolute atomic E-state index is 11.5. The summed E-state index contributed by atoms with van der Waals surface area (Å²) >= 11 is 0. The number of hydrogen-bond donors (Lipinski definition) is 2. The predicted octanol–water partition coefficient (Wildman–Crippen LogP) is 3.19. The Bertz CT molecular complexity index is 514. The molecule has 0 fully saturated rings. The first-order valence-electron chi connectivity index (χ1n) is 7.50. The van der Waals surface area contributed by atoms with Crippen LogP contribution in [-0.4, -0.2) is 22.4 Å². The zero-order chi connectivity index (χ0) is 14.2. The van der Waals surface area contributed by atoms with Crippen LogP contribution < -0.4 is 5.32 Å². The summed E-state index contributed by atoms with van der Waals surface area (Å²) in [6.45, 7) is 2.87. The van der Waals surface area contributed by atoms with Crippen LogP contribution in [0.25, 0.3) is 11.0 Å². The summed E-state index contributed by atoms with van der Waals surface area (Å²) in [6.07, 6.45) is 5.71. The molecule has 1 amide bonds. The lowest BCUT2D eigenvalue weighted by Crippen LogP contribution is -2.24. The summed E-state index contributed by atoms with van der Waals surface area (Å²) in [5.74, 6) is 1.16. The van der Waals surface area contributed by atoms with E-state index in [1.807, 2.05) is 24.3 Å². The van der Waals surface area contributed by atoms with Gasteiger partial charge in [0.15, 0.2) is 0 Å². The Morgan fingerprint density at radius 1 is 1.25 bits per heavy atom. The third kappa shape index (κ3) is 4.37. The third-order valence-electron chi connectivity index (χ3n) is 3.36. The van der Waals surface area contributed by atoms with Crippen molar-refractivity contribution in [1.82, 2.24) is 15.3 Å². The molecule has 0 saturated carbocycles. The van der Waals surface area contributed by atoms with Crippen molar-refractivity contribution in [3.05, 3.63) is 30.1 Å². The first-order chi connectivity index (χ1) is 9.79. The molecule has 0 radical (unpaired) electrons. The Morgan fingerprint density at radius 3 is 2.90 bits per heavy atom. The molecule has 0 atom stereocenters. The fourth-order valence-electron chi connectivity index (χ4n) is 2.23. The number of hydrogen-bond acceptors (Lipinski definition) is 2. The molecule has 20 heavy (non-hydrogen) atoms. The quantitative estimate of drug-likeness (QED) is 0.726. The van der Waals surface area contributed by atoms with E-state index in [1.54, 1.807) is 0 Å². The first kappa shape index (κ1) is 14.6. The monoisotopic (exact) mass is 273 g/mol. The molecule has 2 aromatic rings. The smallest absolute Gasteiger partial charge is 0.219 e. The molecule has 1 aromatic heterocycles. The van der Waals surface area contributed by atoms with Crippen molar-refractivity contribution in [3.63, 3.8) is 0 Å². The highest BCUT2D eigenvalue weighted by Gasteiger charge is 2.03. The average molecular weight is 273 g/mol. The topological polar surface area (TPSA) is 57.8 Å². The zero-order valence-corrected chi connectivity index (χ0v) is 12.1. The van der Waals surface area contributed by atoms with Gasteiger partial charge >= 0.3 is 0 Å². The highest BCUT2D eigenvalue weighted by Crippen LogP contribution is 2.11. The van der Waals surface area contributed by atoms with Gasteiger partial charge < -0.3 is 10.3 Å². The van der Waals surface area contributed by atoms with Crippen LogP contribution in [0.2, 0.25) is 0 Å². The molecule has 4 nitrogen and oxygen atoms in total. The van der Waals surface area contributed by atoms with Gasteiger partial charge in [0.1, 0.15) is 5.82 Å². The molecular formula is C16H23N3O. The van der Waals surface area contributed by atoms with Crippen molar-refractivity contribution in [3.8, 4) is 0 Å². The third-order valence-corrected chi connectivity index (χ3v) is 3.36. The Labute approximate surface area is 120 Å². The molecule has 4 heteroatoms. The van der Waals surface area contributed by atoms with Crippen molar-refractivity contribution in [2.75, 3.05) is 6.54 Å². The maximum Gasteiger partial charge on any atom is 0.219 e. The van der Waals surface area contributed by atoms with Crippen LogP contribution in [-0.2, 0) is 11.2 Å². The number of aryl methyl sites for hydroxylation is 1. The minimum Gasteiger partial charge on any atom is -0.356 e. The van der Waals surface area contributed by atoms with Gasteiger partial charge in [-0.1, -0.05) is 31.9 Å². The first-order valence-corrected chi connectivity index (χ1v) is 7.50. The molecule has 1 heterocycles. The van der Waals surface area contributed by atoms with Crippen LogP contribution in [0.5, 0.6) is 0 Å². The molecule has 0 aliphatic heterocycles. The van der Waals surface area contributed by atoms with Gasteiger partial charge in [-0.25, -0.2) is 4.98 Å². The number of imidazole rings is 1. The van der Waals surface area contributed by atoms with E-state index in [-0.39, 0.29) is 5.91 Å². The second kappa shape index (κ2) is 7.68. The molecule has 1 aromatic carbocycles. The van der Waals surface area contributed by atoms with Gasteiger partial charge in [0.2, 0.25) is 5.91 Å². The van der Waals surface area contributed by atoms with E-state index in [4.69, 9.17) is 0 Å². The second-order valence-corrected chi connectivity index (χ2v) is 5.11. The summed E-state index contributed by atoms with van der Waals surface area (Å²) in [5.41, 5.74) is 2.08. The number of unbranched alkanes of at least 4 members (excludes halogenated alkanes) is 2. The molecule has 0 spiro atoms. The number of aromatic nitrogens is 2. The number of aromatic amines is 1. The van der Waals surface area contributed by atoms with E-state index in [9.17, 15) is 4.79 Å². The highest BCUT2D eigenvalue weighted by atomic mass is 16.1. The molecule has 0 unspecified atom stereocenters. The number of benzene rings is 1. The lowest BCUT2D eigenvalue weighted by molar-refractivity contribution is -0.121. The van der Waals surface area contributed by atoms with Gasteiger partial charge in [0.25, 0.3) is 0 Å². The highest BCUT2D eigenvalue weighted by molar-refractivity contribution is 5.76. The van der Waals surface area contributed by atoms with Gasteiger partial charge in [-0.15, -0.1) is 0 Å². The lowest BCUT2D eigenvalue weighted by atomic mass is 10.2. The number of amides is 1. The number of fused-ring (bicyclic) bond motifs is 1. The molecule has 2 rings (SSSR count). The number of rotatable bonds is 8. The van der Waals surface area contributed by atoms with E-state index >= 15 is 0 Å². The molecule has 2 N–H and O–H groups in total. The summed E-state index contributed by atoms with van der Waals surface area (Å²) in [5, 5.41) is 2.96. The summed E-state index contributed by atoms with van der Waals surface area (Å²) in [7, 11) is 0. The van der Waals surface area contributed by atoms with Gasteiger partial charge in [0, 0.05) is 19.4 Å². The van der Waals surface area contributed by atoms with E-state index in [0.29, 0.717) is 6.42 Å². The van der Waals surface area contributed by atoms with Crippen LogP contribution in [0, 0.1) is 0 Å². The number of carbonyl (C=O) groups is 1. The Hall–Kier alpha value is -1.84. The van der Waals surface area contributed by atoms with Gasteiger partial charge in [-0.05, 0) is 25.0 Å². The van der Waals surface area contributed by atoms with Crippen molar-refractivity contribution in [1.29, 1.82) is 0 Å². The minimum atomic E-state index is 0.169. The number of H-pyrrole nitrogens is 1. The zero-order valence-electron chi connectivity index (χ0n) is 12.1. The number of nitrogens with zero attached hydrogens (tertiary/aromatic N) is 1. The summed E-state index contributed by atoms with van der Waals surface area (Å²) in [4.78, 5) is 19.4. The van der Waals surface area contributed by atoms with E-state index in [1.165, 1.54) is 0 Å². The largest absolute Gasteiger partial charge is 0.356 e. The fraction of sp³-hybridized carbons (Fsp3) is 0.500. The van der Waals surface area contributed by atoms with Crippen LogP contribution in [0.4, 0.5) is 0 Å². The van der Waals surface area contributed by atoms with E-state index < -0.39 is 0 Å². The molecule has 0 aliphatic carbocycles. The average Bonchev–Trinajstić information content (AvgIpc) is 2.86. The van der Waals surface area contributed by atoms with Gasteiger partial charge in [0.05, 0.1) is 11.0 Å². The number of nitrogens with one attached hydrogen (secondary N) is 2. The van der Waals surface area contributed by atoms with Crippen LogP contribution in [0.3, 0.4) is 0 Å². The Morgan fingerprint density at radius 2 is 2.10 bits per heavy atom. The van der Waals surface area contributed by atoms with Crippen LogP contribution >= 0.6 is 0 Å². The number of carbonyl (C=O) groups excluding carboxylic acids is 1. The summed E-state index contributed by atoms with van der Waals surface area (Å²) in [6, 6.07) is 8.02. The molecule has 0 saturated heterocycles. The van der Waals surface area contributed by atoms with E-state index in [2.05, 4.69) is 22.2 Å². The van der Waals surface area contributed by atoms with Crippen molar-refractivity contribution in [2.45, 2.75) is 45.4 Å². The molecule has 0 aliphatic rings. The minimum absolute atomic E-state index is 0.169. The van der Waals surface area contributed by atoms with Crippen LogP contribution in [0.15, 0.2) is 24.3 Å². The second-order valence-electron chi connectivity index (χ2n) is 5.11. The molecule has 108 valence electrons. The Balaban J connectivity index is 1.67. The van der Waals surface area contributed by atoms with Crippen LogP contribution in [0.1, 0.15) is 44.9 Å². The predicted molar refractivity (Wildman–Crippen MR) is 81.6 cm³/mol. The van der Waals surface area contributed by atoms with Crippen molar-refractivity contribution in [2.24, 2.45) is 0 Å². The molecule has 0 bridgehead atoms. The fourth-order valence-corrected chi connectivity index (χ4v) is 2.23. The van der Waals surface area contributed by atoms with Gasteiger partial charge in [-0.2, -0.15) is 0 Å². The number of para-hydroxylation sites is 2. The van der Waals surface area contributed by atoms with Crippen molar-refractivity contribution >= 4 is 16.9 Å². The standard InChI is InChI=1S/C16H23N3O/c1-2-3-4-11-16(20)17-12-7-10-15-18-13-8-5-6-9-14(13)19-15/h5-6,8-9H,2-4,7,10-12H2,1H3,(H,17,20)(H,18,19). The normalized spacial score (nSPS) is 10.8.